The number of aromatic amines is 1. The quantitative estimate of drug-likeness (QED) is 0.750. The van der Waals surface area contributed by atoms with Gasteiger partial charge in [-0.05, 0) is 30.3 Å². The van der Waals surface area contributed by atoms with Crippen molar-refractivity contribution in [2.75, 3.05) is 7.11 Å². The third-order valence-corrected chi connectivity index (χ3v) is 3.23. The minimum atomic E-state index is -0.794. The molecule has 0 aliphatic carbocycles. The van der Waals surface area contributed by atoms with Gasteiger partial charge >= 0.3 is 0 Å². The van der Waals surface area contributed by atoms with E-state index in [1.165, 1.54) is 19.2 Å². The van der Waals surface area contributed by atoms with Gasteiger partial charge in [-0.3, -0.25) is 5.10 Å². The van der Waals surface area contributed by atoms with Crippen LogP contribution in [0.5, 0.6) is 17.2 Å². The number of phenols is 1. The first-order chi connectivity index (χ1) is 11.6. The van der Waals surface area contributed by atoms with Gasteiger partial charge < -0.3 is 14.6 Å². The fourth-order valence-electron chi connectivity index (χ4n) is 2.04. The van der Waals surface area contributed by atoms with E-state index in [2.05, 4.69) is 15.2 Å². The number of H-pyrrole nitrogens is 1. The molecule has 3 rings (SSSR count). The fourth-order valence-corrected chi connectivity index (χ4v) is 2.04. The molecule has 0 atom stereocenters. The van der Waals surface area contributed by atoms with Crippen LogP contribution >= 0.6 is 0 Å². The Balaban J connectivity index is 1.74. The van der Waals surface area contributed by atoms with Crippen LogP contribution in [0.3, 0.4) is 0 Å². The summed E-state index contributed by atoms with van der Waals surface area (Å²) in [6.45, 7) is -0.0647. The molecule has 0 spiro atoms. The first-order valence-electron chi connectivity index (χ1n) is 6.93. The summed E-state index contributed by atoms with van der Waals surface area (Å²) in [5.74, 6) is -0.524. The second-order valence-electron chi connectivity index (χ2n) is 4.86. The predicted octanol–water partition coefficient (Wildman–Crippen LogP) is 3.04. The van der Waals surface area contributed by atoms with Crippen LogP contribution in [-0.4, -0.2) is 27.4 Å². The molecule has 0 amide bonds. The number of aromatic nitrogens is 3. The Morgan fingerprint density at radius 3 is 2.71 bits per heavy atom. The van der Waals surface area contributed by atoms with E-state index < -0.39 is 11.6 Å². The molecular weight excluding hydrogens is 320 g/mol. The summed E-state index contributed by atoms with van der Waals surface area (Å²) in [4.78, 5) is 4.22. The van der Waals surface area contributed by atoms with Crippen molar-refractivity contribution >= 4 is 0 Å². The smallest absolute Gasteiger partial charge is 0.181 e. The molecule has 0 bridgehead atoms. The molecular formula is C16H13F2N3O3. The van der Waals surface area contributed by atoms with Crippen LogP contribution in [0.15, 0.2) is 36.4 Å². The lowest BCUT2D eigenvalue weighted by Crippen LogP contribution is -1.99. The number of aromatic hydroxyl groups is 1. The van der Waals surface area contributed by atoms with Gasteiger partial charge in [-0.15, -0.1) is 0 Å². The zero-order chi connectivity index (χ0) is 17.1. The van der Waals surface area contributed by atoms with Crippen molar-refractivity contribution in [1.29, 1.82) is 0 Å². The number of nitrogens with one attached hydrogen (secondary N) is 1. The van der Waals surface area contributed by atoms with Crippen LogP contribution in [0.4, 0.5) is 8.78 Å². The Kier molecular flexibility index (Phi) is 4.28. The lowest BCUT2D eigenvalue weighted by molar-refractivity contribution is 0.280. The van der Waals surface area contributed by atoms with Gasteiger partial charge in [0.1, 0.15) is 12.4 Å². The van der Waals surface area contributed by atoms with Crippen molar-refractivity contribution in [3.8, 4) is 28.6 Å². The van der Waals surface area contributed by atoms with Gasteiger partial charge in [-0.2, -0.15) is 5.10 Å². The second kappa shape index (κ2) is 6.53. The summed E-state index contributed by atoms with van der Waals surface area (Å²) >= 11 is 0. The number of benzene rings is 2. The Bertz CT molecular complexity index is 868. The molecule has 0 fully saturated rings. The molecule has 0 aliphatic rings. The maximum absolute atomic E-state index is 13.5. The number of phenolic OH excluding ortho intramolecular Hbond substituents is 1. The highest BCUT2D eigenvalue weighted by Crippen LogP contribution is 2.30. The molecule has 0 saturated heterocycles. The summed E-state index contributed by atoms with van der Waals surface area (Å²) in [5.41, 5.74) is 0.625. The van der Waals surface area contributed by atoms with Gasteiger partial charge in [0.05, 0.1) is 7.11 Å². The summed E-state index contributed by atoms with van der Waals surface area (Å²) in [6, 6.07) is 7.73. The Hall–Kier alpha value is -3.16. The van der Waals surface area contributed by atoms with E-state index in [-0.39, 0.29) is 18.1 Å². The third kappa shape index (κ3) is 3.27. The fraction of sp³-hybridized carbons (Fsp3) is 0.125. The average Bonchev–Trinajstić information content (AvgIpc) is 3.03. The minimum Gasteiger partial charge on any atom is -0.504 e. The lowest BCUT2D eigenvalue weighted by Gasteiger charge is -2.05. The summed E-state index contributed by atoms with van der Waals surface area (Å²) < 4.78 is 36.6. The summed E-state index contributed by atoms with van der Waals surface area (Å²) in [5, 5.41) is 16.3. The van der Waals surface area contributed by atoms with Crippen LogP contribution in [0.2, 0.25) is 0 Å². The van der Waals surface area contributed by atoms with Crippen LogP contribution < -0.4 is 9.47 Å². The first kappa shape index (κ1) is 15.7. The van der Waals surface area contributed by atoms with E-state index >= 15 is 0 Å². The largest absolute Gasteiger partial charge is 0.504 e. The van der Waals surface area contributed by atoms with E-state index in [4.69, 9.17) is 9.47 Å². The molecule has 1 heterocycles. The third-order valence-electron chi connectivity index (χ3n) is 3.23. The highest BCUT2D eigenvalue weighted by Gasteiger charge is 2.11. The lowest BCUT2D eigenvalue weighted by atomic mass is 10.2. The van der Waals surface area contributed by atoms with Crippen LogP contribution in [0.25, 0.3) is 11.4 Å². The van der Waals surface area contributed by atoms with Gasteiger partial charge in [0.2, 0.25) is 0 Å². The molecule has 2 aromatic carbocycles. The average molecular weight is 333 g/mol. The van der Waals surface area contributed by atoms with Crippen LogP contribution in [0, 0.1) is 11.6 Å². The number of rotatable bonds is 5. The second-order valence-corrected chi connectivity index (χ2v) is 4.86. The van der Waals surface area contributed by atoms with Crippen molar-refractivity contribution in [3.05, 3.63) is 53.9 Å². The molecule has 0 aliphatic heterocycles. The van der Waals surface area contributed by atoms with Crippen molar-refractivity contribution in [3.63, 3.8) is 0 Å². The minimum absolute atomic E-state index is 0.00660. The zero-order valence-electron chi connectivity index (χ0n) is 12.6. The topological polar surface area (TPSA) is 80.3 Å². The van der Waals surface area contributed by atoms with Gasteiger partial charge in [-0.1, -0.05) is 0 Å². The van der Waals surface area contributed by atoms with E-state index in [1.807, 2.05) is 0 Å². The molecule has 24 heavy (non-hydrogen) atoms. The number of hydrogen-bond donors (Lipinski definition) is 2. The molecule has 8 heteroatoms. The monoisotopic (exact) mass is 333 g/mol. The number of halogens is 2. The van der Waals surface area contributed by atoms with Gasteiger partial charge in [-0.25, -0.2) is 13.8 Å². The molecule has 0 radical (unpaired) electrons. The van der Waals surface area contributed by atoms with Crippen molar-refractivity contribution < 1.29 is 23.4 Å². The van der Waals surface area contributed by atoms with Crippen molar-refractivity contribution in [1.82, 2.24) is 15.2 Å². The SMILES string of the molecule is COc1cc(-c2n[nH]c(COc3ccc(F)cc3F)n2)ccc1O. The maximum atomic E-state index is 13.5. The Labute approximate surface area is 135 Å². The van der Waals surface area contributed by atoms with E-state index in [9.17, 15) is 13.9 Å². The first-order valence-corrected chi connectivity index (χ1v) is 6.93. The van der Waals surface area contributed by atoms with E-state index in [1.54, 1.807) is 12.1 Å². The summed E-state index contributed by atoms with van der Waals surface area (Å²) in [6.07, 6.45) is 0. The van der Waals surface area contributed by atoms with Gasteiger partial charge in [0.25, 0.3) is 0 Å². The molecule has 2 N–H and O–H groups in total. The Morgan fingerprint density at radius 2 is 1.96 bits per heavy atom. The molecule has 1 aromatic heterocycles. The highest BCUT2D eigenvalue weighted by atomic mass is 19.1. The maximum Gasteiger partial charge on any atom is 0.181 e. The van der Waals surface area contributed by atoms with Crippen LogP contribution in [0.1, 0.15) is 5.82 Å². The molecule has 6 nitrogen and oxygen atoms in total. The predicted molar refractivity (Wildman–Crippen MR) is 80.7 cm³/mol. The zero-order valence-corrected chi connectivity index (χ0v) is 12.6. The van der Waals surface area contributed by atoms with Crippen LogP contribution in [-0.2, 0) is 6.61 Å². The number of ether oxygens (including phenoxy) is 2. The molecule has 0 saturated carbocycles. The molecule has 0 unspecified atom stereocenters. The van der Waals surface area contributed by atoms with E-state index in [0.29, 0.717) is 23.0 Å². The molecule has 3 aromatic rings. The van der Waals surface area contributed by atoms with E-state index in [0.717, 1.165) is 12.1 Å². The highest BCUT2D eigenvalue weighted by molar-refractivity contribution is 5.60. The summed E-state index contributed by atoms with van der Waals surface area (Å²) in [7, 11) is 1.44. The number of nitrogens with zero attached hydrogens (tertiary/aromatic N) is 2. The van der Waals surface area contributed by atoms with Gasteiger partial charge in [0.15, 0.2) is 34.7 Å². The Morgan fingerprint density at radius 1 is 1.12 bits per heavy atom. The standard InChI is InChI=1S/C16H13F2N3O3/c1-23-14-6-9(2-4-12(14)22)16-19-15(20-21-16)8-24-13-5-3-10(17)7-11(13)18/h2-7,22H,8H2,1H3,(H,19,20,21). The van der Waals surface area contributed by atoms with Crippen molar-refractivity contribution in [2.24, 2.45) is 0 Å². The number of hydrogen-bond acceptors (Lipinski definition) is 5. The van der Waals surface area contributed by atoms with Crippen molar-refractivity contribution in [2.45, 2.75) is 6.61 Å². The number of methoxy groups -OCH3 is 1. The normalized spacial score (nSPS) is 10.6. The molecule has 124 valence electrons. The van der Waals surface area contributed by atoms with Gasteiger partial charge in [0, 0.05) is 11.6 Å².